The van der Waals surface area contributed by atoms with Crippen LogP contribution in [0.2, 0.25) is 0 Å². The number of hydrogen-bond donors (Lipinski definition) is 0. The van der Waals surface area contributed by atoms with Crippen molar-refractivity contribution in [1.82, 2.24) is 0 Å². The van der Waals surface area contributed by atoms with E-state index >= 15 is 0 Å². The predicted molar refractivity (Wildman–Crippen MR) is 148 cm³/mol. The third-order valence-corrected chi connectivity index (χ3v) is 8.72. The normalized spacial score (nSPS) is 15.0. The van der Waals surface area contributed by atoms with Crippen LogP contribution < -0.4 is 10.2 Å². The van der Waals surface area contributed by atoms with E-state index in [0.717, 1.165) is 72.1 Å². The lowest BCUT2D eigenvalue weighted by Crippen LogP contribution is -2.47. The summed E-state index contributed by atoms with van der Waals surface area (Å²) in [5.41, 5.74) is -0.505. The van der Waals surface area contributed by atoms with Crippen molar-refractivity contribution in [3.63, 3.8) is 0 Å². The minimum Gasteiger partial charge on any atom is -0.482 e. The number of fused-ring (bicyclic) bond motifs is 4. The summed E-state index contributed by atoms with van der Waals surface area (Å²) in [5.74, 6) is 0.330. The first-order valence-electron chi connectivity index (χ1n) is 12.1. The SMILES string of the molecule is C=CC(=O)OCC1(Oc2cc3c4ccccc4c(=O)c4ccc5c6ccccc6sc2c5c43)CCC1. The van der Waals surface area contributed by atoms with Crippen LogP contribution in [0, 0.1) is 0 Å². The maximum absolute atomic E-state index is 13.5. The Kier molecular flexibility index (Phi) is 4.60. The minimum atomic E-state index is -0.561. The summed E-state index contributed by atoms with van der Waals surface area (Å²) < 4.78 is 14.4. The largest absolute Gasteiger partial charge is 0.482 e. The highest BCUT2D eigenvalue weighted by molar-refractivity contribution is 7.25. The van der Waals surface area contributed by atoms with Gasteiger partial charge in [0.25, 0.3) is 0 Å². The summed E-state index contributed by atoms with van der Waals surface area (Å²) >= 11 is 1.68. The van der Waals surface area contributed by atoms with Crippen molar-refractivity contribution in [3.05, 3.63) is 89.6 Å². The van der Waals surface area contributed by atoms with Gasteiger partial charge in [-0.05, 0) is 59.0 Å². The molecular weight excluding hydrogens is 468 g/mol. The van der Waals surface area contributed by atoms with Crippen molar-refractivity contribution in [3.8, 4) is 5.75 Å². The van der Waals surface area contributed by atoms with Crippen molar-refractivity contribution in [2.24, 2.45) is 0 Å². The first kappa shape index (κ1) is 21.3. The molecule has 36 heavy (non-hydrogen) atoms. The Labute approximate surface area is 210 Å². The fourth-order valence-corrected chi connectivity index (χ4v) is 6.77. The molecule has 0 aliphatic heterocycles. The third kappa shape index (κ3) is 2.99. The molecule has 0 saturated heterocycles. The van der Waals surface area contributed by atoms with E-state index in [-0.39, 0.29) is 12.0 Å². The number of ether oxygens (including phenoxy) is 2. The lowest BCUT2D eigenvalue weighted by atomic mass is 9.80. The van der Waals surface area contributed by atoms with E-state index in [1.54, 1.807) is 11.3 Å². The Hall–Kier alpha value is -3.96. The molecule has 6 aromatic rings. The molecule has 5 heteroatoms. The van der Waals surface area contributed by atoms with Crippen molar-refractivity contribution >= 4 is 69.8 Å². The lowest BCUT2D eigenvalue weighted by Gasteiger charge is -2.41. The molecule has 0 N–H and O–H groups in total. The number of benzene rings is 5. The highest BCUT2D eigenvalue weighted by Gasteiger charge is 2.41. The summed E-state index contributed by atoms with van der Waals surface area (Å²) in [6.07, 6.45) is 3.83. The van der Waals surface area contributed by atoms with Gasteiger partial charge in [-0.25, -0.2) is 4.79 Å². The fourth-order valence-electron chi connectivity index (χ4n) is 5.60. The van der Waals surface area contributed by atoms with Gasteiger partial charge in [-0.15, -0.1) is 11.3 Å². The van der Waals surface area contributed by atoms with Crippen LogP contribution in [0.1, 0.15) is 19.3 Å². The predicted octanol–water partition coefficient (Wildman–Crippen LogP) is 7.34. The summed E-state index contributed by atoms with van der Waals surface area (Å²) in [4.78, 5) is 25.3. The average Bonchev–Trinajstić information content (AvgIpc) is 2.90. The quantitative estimate of drug-likeness (QED) is 0.110. The van der Waals surface area contributed by atoms with Crippen LogP contribution >= 0.6 is 11.3 Å². The van der Waals surface area contributed by atoms with E-state index in [1.807, 2.05) is 36.4 Å². The van der Waals surface area contributed by atoms with E-state index in [9.17, 15) is 9.59 Å². The molecule has 1 saturated carbocycles. The van der Waals surface area contributed by atoms with E-state index < -0.39 is 11.6 Å². The second-order valence-corrected chi connectivity index (χ2v) is 10.6. The first-order chi connectivity index (χ1) is 17.6. The van der Waals surface area contributed by atoms with Crippen LogP contribution in [0.15, 0.2) is 84.2 Å². The smallest absolute Gasteiger partial charge is 0.330 e. The highest BCUT2D eigenvalue weighted by atomic mass is 32.1. The van der Waals surface area contributed by atoms with Crippen molar-refractivity contribution < 1.29 is 14.3 Å². The number of rotatable bonds is 5. The van der Waals surface area contributed by atoms with Crippen molar-refractivity contribution in [2.45, 2.75) is 24.9 Å². The molecule has 5 aromatic carbocycles. The molecule has 0 unspecified atom stereocenters. The molecule has 1 heterocycles. The van der Waals surface area contributed by atoms with Gasteiger partial charge in [0.1, 0.15) is 18.0 Å². The number of carbonyl (C=O) groups is 1. The number of carbonyl (C=O) groups excluding carboxylic acids is 1. The van der Waals surface area contributed by atoms with Gasteiger partial charge < -0.3 is 9.47 Å². The van der Waals surface area contributed by atoms with Gasteiger partial charge in [-0.1, -0.05) is 55.1 Å². The molecule has 0 atom stereocenters. The molecule has 1 fully saturated rings. The zero-order valence-corrected chi connectivity index (χ0v) is 20.3. The number of esters is 1. The van der Waals surface area contributed by atoms with Crippen molar-refractivity contribution in [1.29, 1.82) is 0 Å². The maximum atomic E-state index is 13.5. The molecule has 4 nitrogen and oxygen atoms in total. The summed E-state index contributed by atoms with van der Waals surface area (Å²) in [6.45, 7) is 3.70. The molecule has 1 aromatic heterocycles. The van der Waals surface area contributed by atoms with Crippen molar-refractivity contribution in [2.75, 3.05) is 6.61 Å². The zero-order chi connectivity index (χ0) is 24.4. The molecule has 0 spiro atoms. The van der Waals surface area contributed by atoms with Crippen LogP contribution in [-0.4, -0.2) is 18.2 Å². The van der Waals surface area contributed by atoms with E-state index in [2.05, 4.69) is 36.9 Å². The Morgan fingerprint density at radius 3 is 2.36 bits per heavy atom. The minimum absolute atomic E-state index is 0.0555. The van der Waals surface area contributed by atoms with Crippen LogP contribution in [-0.2, 0) is 9.53 Å². The fraction of sp³-hybridized carbons (Fsp3) is 0.161. The first-order valence-corrected chi connectivity index (χ1v) is 12.9. The molecule has 0 radical (unpaired) electrons. The summed E-state index contributed by atoms with van der Waals surface area (Å²) in [6, 6.07) is 22.3. The zero-order valence-electron chi connectivity index (χ0n) is 19.5. The Balaban J connectivity index is 1.58. The summed E-state index contributed by atoms with van der Waals surface area (Å²) in [5, 5.41) is 7.69. The Bertz CT molecular complexity index is 1910. The van der Waals surface area contributed by atoms with Gasteiger partial charge in [0.15, 0.2) is 5.43 Å². The van der Waals surface area contributed by atoms with Gasteiger partial charge >= 0.3 is 5.97 Å². The van der Waals surface area contributed by atoms with Crippen LogP contribution in [0.25, 0.3) is 52.5 Å². The van der Waals surface area contributed by atoms with Gasteiger partial charge in [0.05, 0.1) is 4.70 Å². The van der Waals surface area contributed by atoms with Gasteiger partial charge in [-0.3, -0.25) is 4.79 Å². The molecule has 176 valence electrons. The van der Waals surface area contributed by atoms with Gasteiger partial charge in [0, 0.05) is 32.3 Å². The highest BCUT2D eigenvalue weighted by Crippen LogP contribution is 2.48. The topological polar surface area (TPSA) is 52.6 Å². The third-order valence-electron chi connectivity index (χ3n) is 7.53. The van der Waals surface area contributed by atoms with E-state index in [4.69, 9.17) is 9.47 Å². The van der Waals surface area contributed by atoms with Gasteiger partial charge in [-0.2, -0.15) is 0 Å². The van der Waals surface area contributed by atoms with E-state index in [1.165, 1.54) is 6.08 Å². The van der Waals surface area contributed by atoms with E-state index in [0.29, 0.717) is 5.39 Å². The second kappa shape index (κ2) is 7.77. The molecule has 7 rings (SSSR count). The monoisotopic (exact) mass is 490 g/mol. The van der Waals surface area contributed by atoms with Crippen LogP contribution in [0.4, 0.5) is 0 Å². The molecule has 0 bridgehead atoms. The second-order valence-electron chi connectivity index (χ2n) is 9.59. The standard InChI is InChI=1S/C31H22O4S/c1-2-26(32)34-17-31(14-7-15-31)35-24-16-23-18-8-3-4-10-21(18)29(33)22-13-12-20-19-9-5-6-11-25(19)36-30(24)28(20)27(22)23/h2-6,8-13,16H,1,7,14-15,17H2. The Morgan fingerprint density at radius 2 is 1.61 bits per heavy atom. The summed E-state index contributed by atoms with van der Waals surface area (Å²) in [7, 11) is 0. The average molecular weight is 491 g/mol. The molecule has 1 aliphatic rings. The molecular formula is C31H22O4S. The van der Waals surface area contributed by atoms with Crippen LogP contribution in [0.3, 0.4) is 0 Å². The van der Waals surface area contributed by atoms with Crippen LogP contribution in [0.5, 0.6) is 5.75 Å². The Morgan fingerprint density at radius 1 is 0.889 bits per heavy atom. The molecule has 0 amide bonds. The lowest BCUT2D eigenvalue weighted by molar-refractivity contribution is -0.148. The van der Waals surface area contributed by atoms with Gasteiger partial charge in [0.2, 0.25) is 0 Å². The number of hydrogen-bond acceptors (Lipinski definition) is 5. The molecule has 1 aliphatic carbocycles. The maximum Gasteiger partial charge on any atom is 0.330 e.